The van der Waals surface area contributed by atoms with E-state index >= 15 is 0 Å². The molecule has 1 atom stereocenters. The molecule has 0 amide bonds. The summed E-state index contributed by atoms with van der Waals surface area (Å²) in [6.45, 7) is 7.60. The lowest BCUT2D eigenvalue weighted by molar-refractivity contribution is 0.334. The van der Waals surface area contributed by atoms with Crippen LogP contribution in [0.5, 0.6) is 5.75 Å². The fourth-order valence-electron chi connectivity index (χ4n) is 2.77. The van der Waals surface area contributed by atoms with Gasteiger partial charge in [0.25, 0.3) is 0 Å². The molecule has 0 heterocycles. The second kappa shape index (κ2) is 8.37. The van der Waals surface area contributed by atoms with Crippen molar-refractivity contribution in [3.05, 3.63) is 64.2 Å². The van der Waals surface area contributed by atoms with Crippen LogP contribution in [0.3, 0.4) is 0 Å². The number of rotatable bonds is 7. The van der Waals surface area contributed by atoms with E-state index in [2.05, 4.69) is 38.1 Å². The summed E-state index contributed by atoms with van der Waals surface area (Å²) in [5.74, 6) is 1.62. The second-order valence-corrected chi connectivity index (χ2v) is 6.58. The topological polar surface area (TPSA) is 35.2 Å². The van der Waals surface area contributed by atoms with Crippen LogP contribution < -0.4 is 10.5 Å². The van der Waals surface area contributed by atoms with Gasteiger partial charge < -0.3 is 10.5 Å². The summed E-state index contributed by atoms with van der Waals surface area (Å²) in [6.07, 6.45) is 0.884. The van der Waals surface area contributed by atoms with Gasteiger partial charge in [-0.3, -0.25) is 0 Å². The predicted octanol–water partition coefficient (Wildman–Crippen LogP) is 5.15. The highest BCUT2D eigenvalue weighted by Crippen LogP contribution is 2.32. The Bertz CT molecular complexity index is 622. The molecule has 0 spiro atoms. The molecular weight excluding hydrogens is 306 g/mol. The van der Waals surface area contributed by atoms with E-state index in [0.717, 1.165) is 22.8 Å². The largest absolute Gasteiger partial charge is 0.494 e. The van der Waals surface area contributed by atoms with Crippen molar-refractivity contribution in [2.24, 2.45) is 5.73 Å². The minimum Gasteiger partial charge on any atom is -0.494 e. The van der Waals surface area contributed by atoms with Gasteiger partial charge in [-0.25, -0.2) is 0 Å². The third-order valence-corrected chi connectivity index (χ3v) is 4.36. The van der Waals surface area contributed by atoms with E-state index in [0.29, 0.717) is 19.1 Å². The molecule has 0 saturated carbocycles. The van der Waals surface area contributed by atoms with E-state index in [4.69, 9.17) is 22.1 Å². The molecule has 2 aromatic carbocycles. The molecule has 2 rings (SSSR count). The Balaban J connectivity index is 2.24. The average Bonchev–Trinajstić information content (AvgIpc) is 2.55. The monoisotopic (exact) mass is 331 g/mol. The fourth-order valence-corrected chi connectivity index (χ4v) is 2.95. The average molecular weight is 332 g/mol. The van der Waals surface area contributed by atoms with Crippen LogP contribution in [-0.4, -0.2) is 13.2 Å². The van der Waals surface area contributed by atoms with Crippen LogP contribution in [0, 0.1) is 0 Å². The number of ether oxygens (including phenoxy) is 1. The molecule has 1 unspecified atom stereocenters. The number of benzene rings is 2. The Morgan fingerprint density at radius 3 is 2.35 bits per heavy atom. The standard InChI is InChI=1S/C20H26ClNO/c1-4-23-20-10-9-18(21)12-19(20)17(13-22)11-15-5-7-16(8-6-15)14(2)3/h5-10,12,14,17H,4,11,13,22H2,1-3H3. The number of hydrogen-bond acceptors (Lipinski definition) is 2. The van der Waals surface area contributed by atoms with E-state index in [9.17, 15) is 0 Å². The predicted molar refractivity (Wildman–Crippen MR) is 98.7 cm³/mol. The smallest absolute Gasteiger partial charge is 0.122 e. The summed E-state index contributed by atoms with van der Waals surface area (Å²) >= 11 is 6.18. The normalized spacial score (nSPS) is 12.4. The van der Waals surface area contributed by atoms with Crippen LogP contribution in [0.2, 0.25) is 5.02 Å². The van der Waals surface area contributed by atoms with Crippen LogP contribution >= 0.6 is 11.6 Å². The Hall–Kier alpha value is -1.51. The molecule has 0 fully saturated rings. The second-order valence-electron chi connectivity index (χ2n) is 6.15. The maximum atomic E-state index is 6.18. The fraction of sp³-hybridized carbons (Fsp3) is 0.400. The Morgan fingerprint density at radius 1 is 1.09 bits per heavy atom. The minimum atomic E-state index is 0.195. The highest BCUT2D eigenvalue weighted by molar-refractivity contribution is 6.30. The van der Waals surface area contributed by atoms with Crippen molar-refractivity contribution >= 4 is 11.6 Å². The first kappa shape index (κ1) is 17.8. The van der Waals surface area contributed by atoms with Crippen molar-refractivity contribution in [2.45, 2.75) is 39.0 Å². The Labute approximate surface area is 144 Å². The lowest BCUT2D eigenvalue weighted by Crippen LogP contribution is -2.16. The summed E-state index contributed by atoms with van der Waals surface area (Å²) in [5, 5.41) is 0.719. The first-order chi connectivity index (χ1) is 11.0. The van der Waals surface area contributed by atoms with E-state index in [1.54, 1.807) is 0 Å². The van der Waals surface area contributed by atoms with Crippen molar-refractivity contribution in [3.8, 4) is 5.75 Å². The summed E-state index contributed by atoms with van der Waals surface area (Å²) in [5.41, 5.74) is 9.78. The van der Waals surface area contributed by atoms with Crippen molar-refractivity contribution in [1.29, 1.82) is 0 Å². The molecule has 2 nitrogen and oxygen atoms in total. The molecule has 0 aliphatic heterocycles. The molecule has 0 aliphatic rings. The summed E-state index contributed by atoms with van der Waals surface area (Å²) in [4.78, 5) is 0. The molecule has 0 aromatic heterocycles. The van der Waals surface area contributed by atoms with Gasteiger partial charge in [0.2, 0.25) is 0 Å². The number of hydrogen-bond donors (Lipinski definition) is 1. The summed E-state index contributed by atoms with van der Waals surface area (Å²) in [7, 11) is 0. The van der Waals surface area contributed by atoms with Gasteiger partial charge in [0, 0.05) is 16.5 Å². The highest BCUT2D eigenvalue weighted by Gasteiger charge is 2.16. The zero-order valence-corrected chi connectivity index (χ0v) is 14.9. The quantitative estimate of drug-likeness (QED) is 0.761. The van der Waals surface area contributed by atoms with E-state index < -0.39 is 0 Å². The van der Waals surface area contributed by atoms with E-state index in [1.807, 2.05) is 25.1 Å². The highest BCUT2D eigenvalue weighted by atomic mass is 35.5. The van der Waals surface area contributed by atoms with Crippen molar-refractivity contribution in [3.63, 3.8) is 0 Å². The van der Waals surface area contributed by atoms with Gasteiger partial charge in [0.1, 0.15) is 5.75 Å². The molecule has 23 heavy (non-hydrogen) atoms. The lowest BCUT2D eigenvalue weighted by atomic mass is 9.90. The van der Waals surface area contributed by atoms with Crippen molar-refractivity contribution < 1.29 is 4.74 Å². The zero-order chi connectivity index (χ0) is 16.8. The van der Waals surface area contributed by atoms with Gasteiger partial charge in [-0.1, -0.05) is 49.7 Å². The summed E-state index contributed by atoms with van der Waals surface area (Å²) in [6, 6.07) is 14.6. The van der Waals surface area contributed by atoms with Crippen molar-refractivity contribution in [2.75, 3.05) is 13.2 Å². The molecule has 3 heteroatoms. The minimum absolute atomic E-state index is 0.195. The molecule has 124 valence electrons. The third kappa shape index (κ3) is 4.73. The van der Waals surface area contributed by atoms with Gasteiger partial charge in [-0.2, -0.15) is 0 Å². The van der Waals surface area contributed by atoms with Crippen LogP contribution in [0.25, 0.3) is 0 Å². The Morgan fingerprint density at radius 2 is 1.78 bits per heavy atom. The molecule has 0 saturated heterocycles. The molecule has 2 N–H and O–H groups in total. The van der Waals surface area contributed by atoms with Crippen LogP contribution in [-0.2, 0) is 6.42 Å². The van der Waals surface area contributed by atoms with Gasteiger partial charge >= 0.3 is 0 Å². The zero-order valence-electron chi connectivity index (χ0n) is 14.2. The van der Waals surface area contributed by atoms with Crippen LogP contribution in [0.15, 0.2) is 42.5 Å². The number of nitrogens with two attached hydrogens (primary N) is 1. The first-order valence-corrected chi connectivity index (χ1v) is 8.64. The maximum Gasteiger partial charge on any atom is 0.122 e. The van der Waals surface area contributed by atoms with Crippen LogP contribution in [0.4, 0.5) is 0 Å². The maximum absolute atomic E-state index is 6.18. The van der Waals surface area contributed by atoms with E-state index in [1.165, 1.54) is 11.1 Å². The molecular formula is C20H26ClNO. The molecule has 2 aromatic rings. The SMILES string of the molecule is CCOc1ccc(Cl)cc1C(CN)Cc1ccc(C(C)C)cc1. The van der Waals surface area contributed by atoms with Gasteiger partial charge in [-0.15, -0.1) is 0 Å². The van der Waals surface area contributed by atoms with Gasteiger partial charge in [-0.05, 0) is 55.1 Å². The third-order valence-electron chi connectivity index (χ3n) is 4.12. The first-order valence-electron chi connectivity index (χ1n) is 8.26. The van der Waals surface area contributed by atoms with Gasteiger partial charge in [0.05, 0.1) is 6.61 Å². The van der Waals surface area contributed by atoms with E-state index in [-0.39, 0.29) is 5.92 Å². The lowest BCUT2D eigenvalue weighted by Gasteiger charge is -2.20. The molecule has 0 aliphatic carbocycles. The number of halogens is 1. The van der Waals surface area contributed by atoms with Gasteiger partial charge in [0.15, 0.2) is 0 Å². The van der Waals surface area contributed by atoms with Crippen LogP contribution in [0.1, 0.15) is 49.3 Å². The Kier molecular flexibility index (Phi) is 6.49. The molecule has 0 radical (unpaired) electrons. The summed E-state index contributed by atoms with van der Waals surface area (Å²) < 4.78 is 5.75. The molecule has 0 bridgehead atoms. The van der Waals surface area contributed by atoms with Crippen molar-refractivity contribution in [1.82, 2.24) is 0 Å².